The molecule has 0 fully saturated rings. The first kappa shape index (κ1) is 17.6. The minimum Gasteiger partial charge on any atom is -0.396 e. The Kier molecular flexibility index (Phi) is 5.49. The van der Waals surface area contributed by atoms with Crippen LogP contribution in [-0.4, -0.2) is 26.2 Å². The van der Waals surface area contributed by atoms with Gasteiger partial charge < -0.3 is 9.67 Å². The van der Waals surface area contributed by atoms with E-state index in [9.17, 15) is 0 Å². The summed E-state index contributed by atoms with van der Waals surface area (Å²) in [6.45, 7) is 7.36. The predicted molar refractivity (Wildman–Crippen MR) is 102 cm³/mol. The molecular formula is C21H27N3O. The second kappa shape index (κ2) is 7.79. The molecule has 0 aliphatic heterocycles. The Balaban J connectivity index is 1.87. The molecule has 0 saturated heterocycles. The average molecular weight is 337 g/mol. The third kappa shape index (κ3) is 3.90. The van der Waals surface area contributed by atoms with Gasteiger partial charge in [0.25, 0.3) is 0 Å². The second-order valence-electron chi connectivity index (χ2n) is 6.72. The van der Waals surface area contributed by atoms with E-state index in [4.69, 9.17) is 15.1 Å². The minimum absolute atomic E-state index is 0.275. The van der Waals surface area contributed by atoms with E-state index in [1.54, 1.807) is 0 Å². The average Bonchev–Trinajstić information content (AvgIpc) is 2.95. The topological polar surface area (TPSA) is 50.9 Å². The van der Waals surface area contributed by atoms with Gasteiger partial charge in [0.1, 0.15) is 11.3 Å². The van der Waals surface area contributed by atoms with Crippen molar-refractivity contribution in [2.45, 2.75) is 53.0 Å². The van der Waals surface area contributed by atoms with Gasteiger partial charge in [-0.1, -0.05) is 31.2 Å². The van der Waals surface area contributed by atoms with E-state index in [-0.39, 0.29) is 6.61 Å². The molecule has 4 heteroatoms. The van der Waals surface area contributed by atoms with Crippen molar-refractivity contribution in [2.75, 3.05) is 6.61 Å². The van der Waals surface area contributed by atoms with Crippen molar-refractivity contribution in [3.8, 4) is 0 Å². The van der Waals surface area contributed by atoms with Gasteiger partial charge in [-0.2, -0.15) is 0 Å². The highest BCUT2D eigenvalue weighted by molar-refractivity contribution is 5.76. The van der Waals surface area contributed by atoms with E-state index in [1.807, 2.05) is 6.92 Å². The number of hydrogen-bond acceptors (Lipinski definition) is 3. The molecule has 132 valence electrons. The Hall–Kier alpha value is -2.20. The molecule has 0 aliphatic carbocycles. The molecule has 3 aromatic rings. The molecule has 0 aliphatic rings. The van der Waals surface area contributed by atoms with Gasteiger partial charge in [-0.25, -0.2) is 9.97 Å². The number of hydrogen-bond donors (Lipinski definition) is 1. The summed E-state index contributed by atoms with van der Waals surface area (Å²) >= 11 is 0. The molecule has 0 atom stereocenters. The second-order valence-corrected chi connectivity index (χ2v) is 6.72. The molecule has 2 aromatic heterocycles. The number of benzene rings is 1. The van der Waals surface area contributed by atoms with Gasteiger partial charge in [-0.05, 0) is 55.9 Å². The van der Waals surface area contributed by atoms with Gasteiger partial charge >= 0.3 is 0 Å². The van der Waals surface area contributed by atoms with Gasteiger partial charge in [0.2, 0.25) is 0 Å². The Morgan fingerprint density at radius 2 is 1.72 bits per heavy atom. The van der Waals surface area contributed by atoms with Crippen LogP contribution in [0.15, 0.2) is 30.3 Å². The van der Waals surface area contributed by atoms with Crippen LogP contribution in [0.3, 0.4) is 0 Å². The molecule has 0 radical (unpaired) electrons. The Bertz CT molecular complexity index is 850. The minimum atomic E-state index is 0.275. The van der Waals surface area contributed by atoms with E-state index < -0.39 is 0 Å². The Morgan fingerprint density at radius 3 is 2.40 bits per heavy atom. The van der Waals surface area contributed by atoms with E-state index in [0.29, 0.717) is 0 Å². The first-order chi connectivity index (χ1) is 12.1. The molecule has 0 bridgehead atoms. The SMILES string of the molecule is CCc1nc2c(C)cc(C)nc2n1Cc1ccc(CCCCO)cc1. The summed E-state index contributed by atoms with van der Waals surface area (Å²) in [5.74, 6) is 1.09. The van der Waals surface area contributed by atoms with Crippen LogP contribution in [-0.2, 0) is 19.4 Å². The number of imidazole rings is 1. The van der Waals surface area contributed by atoms with E-state index in [1.165, 1.54) is 16.7 Å². The molecule has 0 spiro atoms. The van der Waals surface area contributed by atoms with E-state index in [2.05, 4.69) is 48.7 Å². The number of nitrogens with zero attached hydrogens (tertiary/aromatic N) is 3. The van der Waals surface area contributed by atoms with Gasteiger partial charge in [0, 0.05) is 18.7 Å². The highest BCUT2D eigenvalue weighted by atomic mass is 16.2. The van der Waals surface area contributed by atoms with Crippen molar-refractivity contribution in [2.24, 2.45) is 0 Å². The zero-order chi connectivity index (χ0) is 17.8. The fourth-order valence-electron chi connectivity index (χ4n) is 3.32. The number of fused-ring (bicyclic) bond motifs is 1. The first-order valence-corrected chi connectivity index (χ1v) is 9.14. The van der Waals surface area contributed by atoms with Gasteiger partial charge in [-0.15, -0.1) is 0 Å². The summed E-state index contributed by atoms with van der Waals surface area (Å²) in [4.78, 5) is 9.56. The number of unbranched alkanes of at least 4 members (excludes halogenated alkanes) is 1. The molecule has 1 N–H and O–H groups in total. The summed E-state index contributed by atoms with van der Waals surface area (Å²) in [6.07, 6.45) is 3.82. The van der Waals surface area contributed by atoms with Crippen LogP contribution >= 0.6 is 0 Å². The molecule has 0 unspecified atom stereocenters. The number of aliphatic hydroxyl groups excluding tert-OH is 1. The summed E-state index contributed by atoms with van der Waals surface area (Å²) in [5, 5.41) is 8.89. The number of rotatable bonds is 7. The molecule has 3 rings (SSSR count). The molecule has 2 heterocycles. The van der Waals surface area contributed by atoms with Crippen molar-refractivity contribution in [1.82, 2.24) is 14.5 Å². The van der Waals surface area contributed by atoms with Crippen LogP contribution in [0, 0.1) is 13.8 Å². The maximum Gasteiger partial charge on any atom is 0.160 e. The van der Waals surface area contributed by atoms with Crippen molar-refractivity contribution < 1.29 is 5.11 Å². The van der Waals surface area contributed by atoms with Crippen molar-refractivity contribution in [3.63, 3.8) is 0 Å². The van der Waals surface area contributed by atoms with Crippen LogP contribution in [0.1, 0.15) is 48.0 Å². The van der Waals surface area contributed by atoms with Crippen LogP contribution < -0.4 is 0 Å². The Labute approximate surface area is 149 Å². The van der Waals surface area contributed by atoms with Crippen LogP contribution in [0.25, 0.3) is 11.2 Å². The molecular weight excluding hydrogens is 310 g/mol. The molecule has 0 saturated carbocycles. The van der Waals surface area contributed by atoms with E-state index in [0.717, 1.165) is 54.9 Å². The zero-order valence-electron chi connectivity index (χ0n) is 15.4. The summed E-state index contributed by atoms with van der Waals surface area (Å²) < 4.78 is 2.25. The van der Waals surface area contributed by atoms with E-state index >= 15 is 0 Å². The maximum absolute atomic E-state index is 8.89. The van der Waals surface area contributed by atoms with Crippen LogP contribution in [0.2, 0.25) is 0 Å². The third-order valence-electron chi connectivity index (χ3n) is 4.65. The van der Waals surface area contributed by atoms with Crippen molar-refractivity contribution >= 4 is 11.2 Å². The van der Waals surface area contributed by atoms with Gasteiger partial charge in [-0.3, -0.25) is 0 Å². The van der Waals surface area contributed by atoms with Gasteiger partial charge in [0.15, 0.2) is 5.65 Å². The molecule has 1 aromatic carbocycles. The maximum atomic E-state index is 8.89. The molecule has 4 nitrogen and oxygen atoms in total. The van der Waals surface area contributed by atoms with Crippen LogP contribution in [0.4, 0.5) is 0 Å². The summed E-state index contributed by atoms with van der Waals surface area (Å²) in [5.41, 5.74) is 6.82. The molecule has 25 heavy (non-hydrogen) atoms. The summed E-state index contributed by atoms with van der Waals surface area (Å²) in [6, 6.07) is 10.9. The largest absolute Gasteiger partial charge is 0.396 e. The van der Waals surface area contributed by atoms with Gasteiger partial charge in [0.05, 0.1) is 6.54 Å². The fraction of sp³-hybridized carbons (Fsp3) is 0.429. The molecule has 0 amide bonds. The van der Waals surface area contributed by atoms with Crippen molar-refractivity contribution in [1.29, 1.82) is 0 Å². The predicted octanol–water partition coefficient (Wildman–Crippen LogP) is 3.97. The fourth-order valence-corrected chi connectivity index (χ4v) is 3.32. The standard InChI is InChI=1S/C21H27N3O/c1-4-19-23-20-15(2)13-16(3)22-21(20)24(19)14-18-10-8-17(9-11-18)7-5-6-12-25/h8-11,13,25H,4-7,12,14H2,1-3H3. The highest BCUT2D eigenvalue weighted by Gasteiger charge is 2.13. The zero-order valence-corrected chi connectivity index (χ0v) is 15.4. The number of aliphatic hydroxyl groups is 1. The lowest BCUT2D eigenvalue weighted by molar-refractivity contribution is 0.284. The lowest BCUT2D eigenvalue weighted by Crippen LogP contribution is -2.05. The highest BCUT2D eigenvalue weighted by Crippen LogP contribution is 2.21. The quantitative estimate of drug-likeness (QED) is 0.664. The smallest absolute Gasteiger partial charge is 0.160 e. The number of aryl methyl sites for hydroxylation is 4. The number of aromatic nitrogens is 3. The normalized spacial score (nSPS) is 11.4. The lowest BCUT2D eigenvalue weighted by Gasteiger charge is -2.09. The Morgan fingerprint density at radius 1 is 1.00 bits per heavy atom. The van der Waals surface area contributed by atoms with Crippen LogP contribution in [0.5, 0.6) is 0 Å². The monoisotopic (exact) mass is 337 g/mol. The number of pyridine rings is 1. The third-order valence-corrected chi connectivity index (χ3v) is 4.65. The first-order valence-electron chi connectivity index (χ1n) is 9.14. The lowest BCUT2D eigenvalue weighted by atomic mass is 10.1. The summed E-state index contributed by atoms with van der Waals surface area (Å²) in [7, 11) is 0. The van der Waals surface area contributed by atoms with Crippen molar-refractivity contribution in [3.05, 3.63) is 58.5 Å².